The summed E-state index contributed by atoms with van der Waals surface area (Å²) in [6.07, 6.45) is 2.78. The zero-order valence-electron chi connectivity index (χ0n) is 13.1. The first-order valence-electron chi connectivity index (χ1n) is 7.61. The maximum absolute atomic E-state index is 6.44. The molecule has 3 aromatic rings. The minimum atomic E-state index is 0.173. The standard InChI is InChI=1S/C16H18ClN5S/c1-10-12(16(17)21(2)20-10)7-22-5-3-13-14(19-9-18-13)15(22)11-4-6-23-8-11/h4,6,8-9,15H,3,5,7H2,1-2H3,(H,18,19). The van der Waals surface area contributed by atoms with E-state index < -0.39 is 0 Å². The largest absolute Gasteiger partial charge is 0.348 e. The molecule has 0 saturated heterocycles. The Morgan fingerprint density at radius 3 is 3.04 bits per heavy atom. The zero-order chi connectivity index (χ0) is 16.0. The fourth-order valence-electron chi connectivity index (χ4n) is 3.35. The quantitative estimate of drug-likeness (QED) is 0.790. The molecule has 0 amide bonds. The number of hydrogen-bond donors (Lipinski definition) is 1. The van der Waals surface area contributed by atoms with Gasteiger partial charge in [0.2, 0.25) is 0 Å². The Kier molecular flexibility index (Phi) is 3.75. The van der Waals surface area contributed by atoms with Crippen molar-refractivity contribution in [1.82, 2.24) is 24.6 Å². The van der Waals surface area contributed by atoms with Crippen LogP contribution in [0.25, 0.3) is 0 Å². The third kappa shape index (κ3) is 2.51. The van der Waals surface area contributed by atoms with Crippen LogP contribution < -0.4 is 0 Å². The maximum atomic E-state index is 6.44. The molecule has 1 aliphatic heterocycles. The predicted octanol–water partition coefficient (Wildman–Crippen LogP) is 3.31. The van der Waals surface area contributed by atoms with Crippen molar-refractivity contribution in [3.05, 3.63) is 56.5 Å². The molecule has 23 heavy (non-hydrogen) atoms. The van der Waals surface area contributed by atoms with E-state index in [9.17, 15) is 0 Å². The molecular weight excluding hydrogens is 330 g/mol. The van der Waals surface area contributed by atoms with E-state index in [1.807, 2.05) is 14.0 Å². The summed E-state index contributed by atoms with van der Waals surface area (Å²) in [7, 11) is 1.89. The number of aryl methyl sites for hydroxylation is 2. The van der Waals surface area contributed by atoms with Gasteiger partial charge in [0.25, 0.3) is 0 Å². The Morgan fingerprint density at radius 1 is 1.48 bits per heavy atom. The van der Waals surface area contributed by atoms with Gasteiger partial charge in [-0.05, 0) is 29.3 Å². The van der Waals surface area contributed by atoms with Crippen molar-refractivity contribution >= 4 is 22.9 Å². The highest BCUT2D eigenvalue weighted by Crippen LogP contribution is 2.36. The number of rotatable bonds is 3. The second kappa shape index (κ2) is 5.78. The smallest absolute Gasteiger partial charge is 0.131 e. The molecule has 0 aliphatic carbocycles. The molecule has 0 bridgehead atoms. The van der Waals surface area contributed by atoms with Crippen molar-refractivity contribution in [2.75, 3.05) is 6.54 Å². The number of aromatic amines is 1. The summed E-state index contributed by atoms with van der Waals surface area (Å²) in [5.74, 6) is 0. The number of H-pyrrole nitrogens is 1. The highest BCUT2D eigenvalue weighted by Gasteiger charge is 2.32. The molecule has 1 atom stereocenters. The minimum Gasteiger partial charge on any atom is -0.348 e. The number of thiophene rings is 1. The summed E-state index contributed by atoms with van der Waals surface area (Å²) < 4.78 is 1.75. The average molecular weight is 348 g/mol. The predicted molar refractivity (Wildman–Crippen MR) is 91.8 cm³/mol. The Hall–Kier alpha value is -1.63. The van der Waals surface area contributed by atoms with E-state index in [0.29, 0.717) is 0 Å². The van der Waals surface area contributed by atoms with Crippen LogP contribution >= 0.6 is 22.9 Å². The lowest BCUT2D eigenvalue weighted by atomic mass is 9.97. The number of halogens is 1. The van der Waals surface area contributed by atoms with E-state index in [-0.39, 0.29) is 6.04 Å². The summed E-state index contributed by atoms with van der Waals surface area (Å²) in [6.45, 7) is 3.77. The number of nitrogens with zero attached hydrogens (tertiary/aromatic N) is 4. The van der Waals surface area contributed by atoms with Crippen molar-refractivity contribution in [3.63, 3.8) is 0 Å². The maximum Gasteiger partial charge on any atom is 0.131 e. The third-order valence-corrected chi connectivity index (χ3v) is 5.69. The van der Waals surface area contributed by atoms with E-state index in [2.05, 4.69) is 36.8 Å². The Labute approximate surface area is 143 Å². The molecule has 1 unspecified atom stereocenters. The molecule has 0 saturated carbocycles. The van der Waals surface area contributed by atoms with Gasteiger partial charge in [-0.25, -0.2) is 4.98 Å². The molecule has 4 heterocycles. The van der Waals surface area contributed by atoms with Gasteiger partial charge < -0.3 is 4.98 Å². The van der Waals surface area contributed by atoms with Gasteiger partial charge in [-0.2, -0.15) is 16.4 Å². The molecule has 120 valence electrons. The highest BCUT2D eigenvalue weighted by molar-refractivity contribution is 7.08. The van der Waals surface area contributed by atoms with Crippen LogP contribution in [0.4, 0.5) is 0 Å². The van der Waals surface area contributed by atoms with Gasteiger partial charge in [-0.15, -0.1) is 0 Å². The first-order valence-corrected chi connectivity index (χ1v) is 8.93. The Balaban J connectivity index is 1.73. The fourth-order valence-corrected chi connectivity index (χ4v) is 4.26. The van der Waals surface area contributed by atoms with Crippen LogP contribution in [0.5, 0.6) is 0 Å². The molecule has 7 heteroatoms. The van der Waals surface area contributed by atoms with Gasteiger partial charge in [0.1, 0.15) is 5.15 Å². The normalized spacial score (nSPS) is 18.3. The van der Waals surface area contributed by atoms with Crippen LogP contribution in [0.3, 0.4) is 0 Å². The number of fused-ring (bicyclic) bond motifs is 1. The summed E-state index contributed by atoms with van der Waals surface area (Å²) >= 11 is 8.16. The zero-order valence-corrected chi connectivity index (χ0v) is 14.7. The SMILES string of the molecule is Cc1nn(C)c(Cl)c1CN1CCc2[nH]cnc2C1c1ccsc1. The molecule has 3 aromatic heterocycles. The van der Waals surface area contributed by atoms with E-state index in [1.54, 1.807) is 22.3 Å². The monoisotopic (exact) mass is 347 g/mol. The molecule has 0 spiro atoms. The molecule has 1 aliphatic rings. The summed E-state index contributed by atoms with van der Waals surface area (Å²) in [5, 5.41) is 9.49. The molecular formula is C16H18ClN5S. The van der Waals surface area contributed by atoms with Crippen LogP contribution in [0.2, 0.25) is 5.15 Å². The van der Waals surface area contributed by atoms with Crippen LogP contribution in [0, 0.1) is 6.92 Å². The molecule has 0 fully saturated rings. The lowest BCUT2D eigenvalue weighted by molar-refractivity contribution is 0.200. The van der Waals surface area contributed by atoms with Crippen molar-refractivity contribution in [3.8, 4) is 0 Å². The van der Waals surface area contributed by atoms with Crippen LogP contribution in [-0.2, 0) is 20.0 Å². The van der Waals surface area contributed by atoms with Crippen molar-refractivity contribution < 1.29 is 0 Å². The van der Waals surface area contributed by atoms with Gasteiger partial charge in [0.05, 0.1) is 23.8 Å². The molecule has 0 radical (unpaired) electrons. The van der Waals surface area contributed by atoms with E-state index >= 15 is 0 Å². The average Bonchev–Trinajstić information content (AvgIpc) is 3.25. The summed E-state index contributed by atoms with van der Waals surface area (Å²) in [4.78, 5) is 10.3. The fraction of sp³-hybridized carbons (Fsp3) is 0.375. The van der Waals surface area contributed by atoms with Crippen molar-refractivity contribution in [2.45, 2.75) is 25.9 Å². The second-order valence-electron chi connectivity index (χ2n) is 5.92. The first-order chi connectivity index (χ1) is 11.1. The van der Waals surface area contributed by atoms with E-state index in [0.717, 1.165) is 41.6 Å². The molecule has 0 aromatic carbocycles. The van der Waals surface area contributed by atoms with Gasteiger partial charge in [0.15, 0.2) is 0 Å². The topological polar surface area (TPSA) is 49.7 Å². The van der Waals surface area contributed by atoms with Crippen LogP contribution in [-0.4, -0.2) is 31.2 Å². The minimum absolute atomic E-state index is 0.173. The molecule has 1 N–H and O–H groups in total. The number of aromatic nitrogens is 4. The Bertz CT molecular complexity index is 820. The number of hydrogen-bond acceptors (Lipinski definition) is 4. The molecule has 5 nitrogen and oxygen atoms in total. The van der Waals surface area contributed by atoms with E-state index in [4.69, 9.17) is 11.6 Å². The van der Waals surface area contributed by atoms with Gasteiger partial charge in [-0.3, -0.25) is 9.58 Å². The van der Waals surface area contributed by atoms with Crippen LogP contribution in [0.15, 0.2) is 23.2 Å². The lowest BCUT2D eigenvalue weighted by Crippen LogP contribution is -2.35. The molecule has 4 rings (SSSR count). The second-order valence-corrected chi connectivity index (χ2v) is 7.06. The van der Waals surface area contributed by atoms with Gasteiger partial charge >= 0.3 is 0 Å². The highest BCUT2D eigenvalue weighted by atomic mass is 35.5. The summed E-state index contributed by atoms with van der Waals surface area (Å²) in [5.41, 5.74) is 5.77. The van der Waals surface area contributed by atoms with Crippen molar-refractivity contribution in [2.24, 2.45) is 7.05 Å². The van der Waals surface area contributed by atoms with Crippen molar-refractivity contribution in [1.29, 1.82) is 0 Å². The third-order valence-electron chi connectivity index (χ3n) is 4.51. The number of imidazole rings is 1. The number of nitrogens with one attached hydrogen (secondary N) is 1. The van der Waals surface area contributed by atoms with Gasteiger partial charge in [0, 0.05) is 37.8 Å². The van der Waals surface area contributed by atoms with Crippen LogP contribution in [0.1, 0.15) is 34.3 Å². The first kappa shape index (κ1) is 14.9. The Morgan fingerprint density at radius 2 is 2.35 bits per heavy atom. The lowest BCUT2D eigenvalue weighted by Gasteiger charge is -2.34. The van der Waals surface area contributed by atoms with Gasteiger partial charge in [-0.1, -0.05) is 11.6 Å². The summed E-state index contributed by atoms with van der Waals surface area (Å²) in [6, 6.07) is 2.36. The van der Waals surface area contributed by atoms with E-state index in [1.165, 1.54) is 11.3 Å².